The lowest BCUT2D eigenvalue weighted by Crippen LogP contribution is -2.36. The Morgan fingerprint density at radius 1 is 1.15 bits per heavy atom. The van der Waals surface area contributed by atoms with Crippen LogP contribution in [0.3, 0.4) is 0 Å². The maximum absolute atomic E-state index is 11.6. The van der Waals surface area contributed by atoms with E-state index in [1.54, 1.807) is 30.5 Å². The molecule has 0 atom stereocenters. The summed E-state index contributed by atoms with van der Waals surface area (Å²) in [4.78, 5) is 27.6. The van der Waals surface area contributed by atoms with Gasteiger partial charge in [0.05, 0.1) is 30.6 Å². The first-order chi connectivity index (χ1) is 16.7. The van der Waals surface area contributed by atoms with Crippen LogP contribution in [0.1, 0.15) is 0 Å². The molecule has 172 valence electrons. The van der Waals surface area contributed by atoms with Crippen molar-refractivity contribution >= 4 is 50.6 Å². The second-order valence-electron chi connectivity index (χ2n) is 7.44. The summed E-state index contributed by atoms with van der Waals surface area (Å²) < 4.78 is 12.3. The number of rotatable bonds is 7. The third-order valence-electron chi connectivity index (χ3n) is 5.11. The van der Waals surface area contributed by atoms with Gasteiger partial charge in [0.25, 0.3) is 0 Å². The number of pyridine rings is 1. The van der Waals surface area contributed by atoms with Gasteiger partial charge in [-0.05, 0) is 41.8 Å². The summed E-state index contributed by atoms with van der Waals surface area (Å²) in [5.74, 6) is 1.98. The average Bonchev–Trinajstić information content (AvgIpc) is 3.34. The summed E-state index contributed by atoms with van der Waals surface area (Å²) in [6.07, 6.45) is 2.98. The second-order valence-corrected chi connectivity index (χ2v) is 8.36. The molecule has 1 aromatic carbocycles. The minimum absolute atomic E-state index is 0.292. The van der Waals surface area contributed by atoms with Crippen molar-refractivity contribution in [1.29, 1.82) is 0 Å². The van der Waals surface area contributed by atoms with Gasteiger partial charge in [0.2, 0.25) is 17.7 Å². The van der Waals surface area contributed by atoms with Crippen molar-refractivity contribution in [3.63, 3.8) is 0 Å². The van der Waals surface area contributed by atoms with Crippen LogP contribution < -0.4 is 20.3 Å². The number of anilines is 4. The fourth-order valence-corrected chi connectivity index (χ4v) is 4.23. The van der Waals surface area contributed by atoms with Gasteiger partial charge < -0.3 is 25.0 Å². The number of carbonyl (C=O) groups excluding carboxylic acids is 1. The van der Waals surface area contributed by atoms with Crippen molar-refractivity contribution < 1.29 is 14.3 Å². The topological polar surface area (TPSA) is 102 Å². The SMILES string of the molecule is C=CC(=O)Nc1cccc(Oc2nc(Nc3ccc(N4CCOCC4)nc3)nc3ccsc23)c1. The van der Waals surface area contributed by atoms with Crippen LogP contribution >= 0.6 is 11.3 Å². The van der Waals surface area contributed by atoms with Crippen LogP contribution in [0.2, 0.25) is 0 Å². The third kappa shape index (κ3) is 4.98. The van der Waals surface area contributed by atoms with E-state index < -0.39 is 0 Å². The Morgan fingerprint density at radius 3 is 2.82 bits per heavy atom. The zero-order valence-electron chi connectivity index (χ0n) is 18.2. The van der Waals surface area contributed by atoms with E-state index in [9.17, 15) is 4.79 Å². The van der Waals surface area contributed by atoms with Crippen LogP contribution in [-0.4, -0.2) is 47.2 Å². The number of fused-ring (bicyclic) bond motifs is 1. The molecule has 0 saturated carbocycles. The highest BCUT2D eigenvalue weighted by Crippen LogP contribution is 2.33. The second kappa shape index (κ2) is 9.86. The molecule has 0 radical (unpaired) electrons. The van der Waals surface area contributed by atoms with E-state index in [1.807, 2.05) is 23.6 Å². The van der Waals surface area contributed by atoms with Crippen LogP contribution in [0.4, 0.5) is 23.1 Å². The van der Waals surface area contributed by atoms with Gasteiger partial charge in [0.15, 0.2) is 0 Å². The fourth-order valence-electron chi connectivity index (χ4n) is 3.47. The number of thiophene rings is 1. The lowest BCUT2D eigenvalue weighted by atomic mass is 10.3. The molecule has 10 heteroatoms. The van der Waals surface area contributed by atoms with E-state index in [0.717, 1.165) is 34.8 Å². The quantitative estimate of drug-likeness (QED) is 0.375. The number of benzene rings is 1. The normalized spacial score (nSPS) is 13.5. The molecule has 1 amide bonds. The van der Waals surface area contributed by atoms with E-state index in [0.29, 0.717) is 36.5 Å². The van der Waals surface area contributed by atoms with E-state index in [-0.39, 0.29) is 5.91 Å². The lowest BCUT2D eigenvalue weighted by Gasteiger charge is -2.27. The number of morpholine rings is 1. The Balaban J connectivity index is 1.36. The number of aromatic nitrogens is 3. The van der Waals surface area contributed by atoms with Gasteiger partial charge in [-0.2, -0.15) is 4.98 Å². The van der Waals surface area contributed by atoms with Gasteiger partial charge in [-0.1, -0.05) is 12.6 Å². The molecule has 0 spiro atoms. The Hall–Kier alpha value is -4.02. The van der Waals surface area contributed by atoms with E-state index in [4.69, 9.17) is 9.47 Å². The van der Waals surface area contributed by atoms with Gasteiger partial charge in [-0.25, -0.2) is 9.97 Å². The van der Waals surface area contributed by atoms with Crippen molar-refractivity contribution in [3.8, 4) is 11.6 Å². The Morgan fingerprint density at radius 2 is 2.03 bits per heavy atom. The molecular weight excluding hydrogens is 452 g/mol. The minimum atomic E-state index is -0.292. The summed E-state index contributed by atoms with van der Waals surface area (Å²) in [6, 6.07) is 12.9. The molecular formula is C24H22N6O3S. The van der Waals surface area contributed by atoms with Crippen molar-refractivity contribution in [2.45, 2.75) is 0 Å². The highest BCUT2D eigenvalue weighted by Gasteiger charge is 2.14. The van der Waals surface area contributed by atoms with Crippen LogP contribution in [0.5, 0.6) is 11.6 Å². The first-order valence-corrected chi connectivity index (χ1v) is 11.6. The highest BCUT2D eigenvalue weighted by atomic mass is 32.1. The molecule has 1 saturated heterocycles. The average molecular weight is 475 g/mol. The molecule has 9 nitrogen and oxygen atoms in total. The number of ether oxygens (including phenoxy) is 2. The predicted octanol–water partition coefficient (Wildman–Crippen LogP) is 4.58. The van der Waals surface area contributed by atoms with Crippen molar-refractivity contribution in [3.05, 3.63) is 66.7 Å². The van der Waals surface area contributed by atoms with Crippen molar-refractivity contribution in [1.82, 2.24) is 15.0 Å². The summed E-state index contributed by atoms with van der Waals surface area (Å²) in [7, 11) is 0. The number of hydrogen-bond donors (Lipinski definition) is 2. The number of carbonyl (C=O) groups is 1. The molecule has 5 rings (SSSR count). The summed E-state index contributed by atoms with van der Waals surface area (Å²) >= 11 is 1.50. The van der Waals surface area contributed by atoms with Gasteiger partial charge in [0, 0.05) is 24.8 Å². The smallest absolute Gasteiger partial charge is 0.247 e. The first kappa shape index (κ1) is 21.8. The molecule has 0 unspecified atom stereocenters. The van der Waals surface area contributed by atoms with Gasteiger partial charge in [-0.3, -0.25) is 4.79 Å². The molecule has 4 heterocycles. The van der Waals surface area contributed by atoms with Crippen LogP contribution in [0, 0.1) is 0 Å². The van der Waals surface area contributed by atoms with E-state index in [1.165, 1.54) is 17.4 Å². The fraction of sp³-hybridized carbons (Fsp3) is 0.167. The van der Waals surface area contributed by atoms with Crippen molar-refractivity contribution in [2.24, 2.45) is 0 Å². The first-order valence-electron chi connectivity index (χ1n) is 10.7. The Kier molecular flexibility index (Phi) is 6.32. The van der Waals surface area contributed by atoms with E-state index in [2.05, 4.69) is 37.1 Å². The van der Waals surface area contributed by atoms with Crippen LogP contribution in [0.25, 0.3) is 10.2 Å². The minimum Gasteiger partial charge on any atom is -0.437 e. The molecule has 34 heavy (non-hydrogen) atoms. The predicted molar refractivity (Wildman–Crippen MR) is 133 cm³/mol. The van der Waals surface area contributed by atoms with Crippen LogP contribution in [0.15, 0.2) is 66.7 Å². The zero-order chi connectivity index (χ0) is 23.3. The maximum atomic E-state index is 11.6. The number of amides is 1. The number of nitrogens with one attached hydrogen (secondary N) is 2. The highest BCUT2D eigenvalue weighted by molar-refractivity contribution is 7.17. The number of nitrogens with zero attached hydrogens (tertiary/aromatic N) is 4. The summed E-state index contributed by atoms with van der Waals surface area (Å²) in [5.41, 5.74) is 2.14. The standard InChI is InChI=1S/C24H22N6O3S/c1-2-21(31)26-16-4-3-5-18(14-16)33-23-22-19(8-13-34-22)28-24(29-23)27-17-6-7-20(25-15-17)30-9-11-32-12-10-30/h2-8,13-15H,1,9-12H2,(H,26,31)(H,27,28,29). The van der Waals surface area contributed by atoms with Crippen molar-refractivity contribution in [2.75, 3.05) is 41.8 Å². The molecule has 1 fully saturated rings. The molecule has 2 N–H and O–H groups in total. The molecule has 4 aromatic rings. The molecule has 3 aromatic heterocycles. The lowest BCUT2D eigenvalue weighted by molar-refractivity contribution is -0.111. The van der Waals surface area contributed by atoms with E-state index >= 15 is 0 Å². The molecule has 1 aliphatic rings. The number of hydrogen-bond acceptors (Lipinski definition) is 9. The van der Waals surface area contributed by atoms with Crippen LogP contribution in [-0.2, 0) is 9.53 Å². The zero-order valence-corrected chi connectivity index (χ0v) is 19.0. The Labute approximate surface area is 200 Å². The third-order valence-corrected chi connectivity index (χ3v) is 6.00. The maximum Gasteiger partial charge on any atom is 0.247 e. The van der Waals surface area contributed by atoms with Gasteiger partial charge >= 0.3 is 0 Å². The monoisotopic (exact) mass is 474 g/mol. The molecule has 0 bridgehead atoms. The Bertz CT molecular complexity index is 1320. The van der Waals surface area contributed by atoms with Gasteiger partial charge in [-0.15, -0.1) is 11.3 Å². The largest absolute Gasteiger partial charge is 0.437 e. The molecule has 0 aliphatic carbocycles. The molecule has 1 aliphatic heterocycles. The summed E-state index contributed by atoms with van der Waals surface area (Å²) in [5, 5.41) is 7.88. The summed E-state index contributed by atoms with van der Waals surface area (Å²) in [6.45, 7) is 6.55. The van der Waals surface area contributed by atoms with Gasteiger partial charge in [0.1, 0.15) is 16.3 Å².